The molecule has 2 aromatic rings. The highest BCUT2D eigenvalue weighted by molar-refractivity contribution is 9.10. The molecule has 1 fully saturated rings. The smallest absolute Gasteiger partial charge is 0.178 e. The number of hydrogen-bond acceptors (Lipinski definition) is 2. The lowest BCUT2D eigenvalue weighted by atomic mass is 10.2. The van der Waals surface area contributed by atoms with Gasteiger partial charge in [0, 0.05) is 19.2 Å². The van der Waals surface area contributed by atoms with Gasteiger partial charge < -0.3 is 14.3 Å². The summed E-state index contributed by atoms with van der Waals surface area (Å²) >= 11 is 8.58. The van der Waals surface area contributed by atoms with Crippen LogP contribution < -0.4 is 0 Å². The van der Waals surface area contributed by atoms with Crippen molar-refractivity contribution in [3.8, 4) is 0 Å². The quantitative estimate of drug-likeness (QED) is 0.821. The van der Waals surface area contributed by atoms with E-state index < -0.39 is 0 Å². The number of fused-ring (bicyclic) bond motifs is 1. The molecule has 2 atom stereocenters. The second-order valence-corrected chi connectivity index (χ2v) is 6.15. The van der Waals surface area contributed by atoms with Gasteiger partial charge in [-0.3, -0.25) is 0 Å². The molecule has 6 heteroatoms. The van der Waals surface area contributed by atoms with Gasteiger partial charge in [-0.15, -0.1) is 0 Å². The van der Waals surface area contributed by atoms with E-state index in [9.17, 15) is 4.39 Å². The van der Waals surface area contributed by atoms with E-state index in [0.29, 0.717) is 9.24 Å². The van der Waals surface area contributed by atoms with Crippen molar-refractivity contribution in [2.45, 2.75) is 31.4 Å². The monoisotopic (exact) mass is 344 g/mol. The summed E-state index contributed by atoms with van der Waals surface area (Å²) in [4.78, 5) is 3.15. The molecule has 0 bridgehead atoms. The van der Waals surface area contributed by atoms with Crippen LogP contribution in [0.15, 0.2) is 16.6 Å². The Morgan fingerprint density at radius 2 is 2.26 bits per heavy atom. The molecule has 19 heavy (non-hydrogen) atoms. The van der Waals surface area contributed by atoms with E-state index in [-0.39, 0.29) is 18.0 Å². The molecular formula is C13H14BrFN2OS. The van der Waals surface area contributed by atoms with E-state index in [4.69, 9.17) is 17.0 Å². The van der Waals surface area contributed by atoms with Gasteiger partial charge in [-0.25, -0.2) is 4.39 Å². The zero-order chi connectivity index (χ0) is 13.6. The fourth-order valence-corrected chi connectivity index (χ4v) is 3.55. The van der Waals surface area contributed by atoms with Crippen LogP contribution >= 0.6 is 28.1 Å². The maximum Gasteiger partial charge on any atom is 0.178 e. The number of aromatic amines is 1. The Bertz CT molecular complexity index is 681. The molecular weight excluding hydrogens is 331 g/mol. The molecule has 2 unspecified atom stereocenters. The molecule has 0 saturated heterocycles. The first-order chi connectivity index (χ1) is 9.10. The number of benzene rings is 1. The summed E-state index contributed by atoms with van der Waals surface area (Å²) in [6.07, 6.45) is 3.23. The number of methoxy groups -OCH3 is 1. The molecule has 0 spiro atoms. The predicted molar refractivity (Wildman–Crippen MR) is 78.5 cm³/mol. The van der Waals surface area contributed by atoms with E-state index in [1.165, 1.54) is 6.07 Å². The molecule has 1 saturated carbocycles. The number of rotatable bonds is 2. The Labute approximate surface area is 123 Å². The second kappa shape index (κ2) is 5.00. The van der Waals surface area contributed by atoms with Crippen LogP contribution in [-0.2, 0) is 4.74 Å². The standard InChI is InChI=1S/C13H14BrFN2OS/c1-18-8-3-2-7(4-8)17-12-6-10(15)9(14)5-11(12)16-13(17)19/h5-8H,2-4H2,1H3,(H,16,19). The summed E-state index contributed by atoms with van der Waals surface area (Å²) in [5.41, 5.74) is 1.69. The Kier molecular flexibility index (Phi) is 3.49. The van der Waals surface area contributed by atoms with Gasteiger partial charge in [-0.05, 0) is 53.5 Å². The van der Waals surface area contributed by atoms with Crippen molar-refractivity contribution in [3.05, 3.63) is 27.2 Å². The summed E-state index contributed by atoms with van der Waals surface area (Å²) in [5.74, 6) is -0.267. The van der Waals surface area contributed by atoms with Crippen LogP contribution in [0.25, 0.3) is 11.0 Å². The molecule has 102 valence electrons. The molecule has 1 aliphatic rings. The SMILES string of the molecule is COC1CCC(n2c(=S)[nH]c3cc(Br)c(F)cc32)C1. The lowest BCUT2D eigenvalue weighted by molar-refractivity contribution is 0.106. The van der Waals surface area contributed by atoms with Crippen LogP contribution in [0, 0.1) is 10.6 Å². The molecule has 1 aliphatic carbocycles. The predicted octanol–water partition coefficient (Wildman–Crippen LogP) is 4.34. The Morgan fingerprint density at radius 1 is 1.47 bits per heavy atom. The van der Waals surface area contributed by atoms with Crippen molar-refractivity contribution in [2.24, 2.45) is 0 Å². The van der Waals surface area contributed by atoms with Crippen molar-refractivity contribution in [3.63, 3.8) is 0 Å². The number of nitrogens with zero attached hydrogens (tertiary/aromatic N) is 1. The van der Waals surface area contributed by atoms with Gasteiger partial charge in [0.15, 0.2) is 4.77 Å². The lowest BCUT2D eigenvalue weighted by Gasteiger charge is -2.13. The molecule has 1 aromatic heterocycles. The van der Waals surface area contributed by atoms with Crippen molar-refractivity contribution >= 4 is 39.2 Å². The van der Waals surface area contributed by atoms with E-state index in [1.807, 2.05) is 4.57 Å². The lowest BCUT2D eigenvalue weighted by Crippen LogP contribution is -2.09. The number of halogens is 2. The van der Waals surface area contributed by atoms with Crippen molar-refractivity contribution < 1.29 is 9.13 Å². The number of imidazole rings is 1. The van der Waals surface area contributed by atoms with Crippen molar-refractivity contribution in [1.29, 1.82) is 0 Å². The Morgan fingerprint density at radius 3 is 2.95 bits per heavy atom. The minimum absolute atomic E-state index is 0.267. The highest BCUT2D eigenvalue weighted by atomic mass is 79.9. The van der Waals surface area contributed by atoms with Crippen molar-refractivity contribution in [2.75, 3.05) is 7.11 Å². The van der Waals surface area contributed by atoms with Gasteiger partial charge in [0.05, 0.1) is 21.6 Å². The summed E-state index contributed by atoms with van der Waals surface area (Å²) in [6.45, 7) is 0. The van der Waals surface area contributed by atoms with Crippen molar-refractivity contribution in [1.82, 2.24) is 9.55 Å². The third-order valence-corrected chi connectivity index (χ3v) is 4.72. The van der Waals surface area contributed by atoms with Crippen LogP contribution in [-0.4, -0.2) is 22.8 Å². The van der Waals surface area contributed by atoms with Gasteiger partial charge in [-0.2, -0.15) is 0 Å². The third kappa shape index (κ3) is 2.26. The van der Waals surface area contributed by atoms with E-state index in [0.717, 1.165) is 30.3 Å². The largest absolute Gasteiger partial charge is 0.381 e. The maximum absolute atomic E-state index is 13.7. The third-order valence-electron chi connectivity index (χ3n) is 3.81. The number of hydrogen-bond donors (Lipinski definition) is 1. The fourth-order valence-electron chi connectivity index (χ4n) is 2.85. The van der Waals surface area contributed by atoms with E-state index in [1.54, 1.807) is 13.2 Å². The van der Waals surface area contributed by atoms with Crippen LogP contribution in [0.3, 0.4) is 0 Å². The van der Waals surface area contributed by atoms with E-state index >= 15 is 0 Å². The number of ether oxygens (including phenoxy) is 1. The number of H-pyrrole nitrogens is 1. The highest BCUT2D eigenvalue weighted by Crippen LogP contribution is 2.35. The molecule has 0 radical (unpaired) electrons. The number of nitrogens with one attached hydrogen (secondary N) is 1. The Balaban J connectivity index is 2.11. The summed E-state index contributed by atoms with van der Waals surface area (Å²) in [7, 11) is 1.73. The van der Waals surface area contributed by atoms with Gasteiger partial charge >= 0.3 is 0 Å². The molecule has 1 aromatic carbocycles. The van der Waals surface area contributed by atoms with Crippen LogP contribution in [0.1, 0.15) is 25.3 Å². The molecule has 1 heterocycles. The normalized spacial score (nSPS) is 23.3. The number of aromatic nitrogens is 2. The first kappa shape index (κ1) is 13.3. The molecule has 0 amide bonds. The average molecular weight is 345 g/mol. The zero-order valence-corrected chi connectivity index (χ0v) is 12.9. The average Bonchev–Trinajstić information content (AvgIpc) is 2.94. The fraction of sp³-hybridized carbons (Fsp3) is 0.462. The minimum atomic E-state index is -0.267. The maximum atomic E-state index is 13.7. The molecule has 0 aliphatic heterocycles. The Hall–Kier alpha value is -0.720. The van der Waals surface area contributed by atoms with Crippen LogP contribution in [0.2, 0.25) is 0 Å². The second-order valence-electron chi connectivity index (χ2n) is 4.91. The van der Waals surface area contributed by atoms with Gasteiger partial charge in [0.2, 0.25) is 0 Å². The molecule has 1 N–H and O–H groups in total. The van der Waals surface area contributed by atoms with Gasteiger partial charge in [-0.1, -0.05) is 0 Å². The zero-order valence-electron chi connectivity index (χ0n) is 10.5. The van der Waals surface area contributed by atoms with Crippen LogP contribution in [0.5, 0.6) is 0 Å². The topological polar surface area (TPSA) is 29.9 Å². The van der Waals surface area contributed by atoms with Crippen LogP contribution in [0.4, 0.5) is 4.39 Å². The summed E-state index contributed by atoms with van der Waals surface area (Å²) in [6, 6.07) is 3.55. The summed E-state index contributed by atoms with van der Waals surface area (Å²) in [5, 5.41) is 0. The molecule has 3 nitrogen and oxygen atoms in total. The first-order valence-corrected chi connectivity index (χ1v) is 7.42. The molecule has 3 rings (SSSR count). The minimum Gasteiger partial charge on any atom is -0.381 e. The summed E-state index contributed by atoms with van der Waals surface area (Å²) < 4.78 is 22.3. The van der Waals surface area contributed by atoms with Gasteiger partial charge in [0.1, 0.15) is 5.82 Å². The first-order valence-electron chi connectivity index (χ1n) is 6.22. The van der Waals surface area contributed by atoms with Gasteiger partial charge in [0.25, 0.3) is 0 Å². The highest BCUT2D eigenvalue weighted by Gasteiger charge is 2.27. The van der Waals surface area contributed by atoms with E-state index in [2.05, 4.69) is 20.9 Å².